The Bertz CT molecular complexity index is 2120. The fraction of sp³-hybridized carbons (Fsp3) is 0.378. The van der Waals surface area contributed by atoms with Gasteiger partial charge in [-0.25, -0.2) is 9.78 Å². The number of amides is 2. The van der Waals surface area contributed by atoms with Crippen molar-refractivity contribution in [1.82, 2.24) is 23.9 Å². The Morgan fingerprint density at radius 2 is 1.62 bits per heavy atom. The quantitative estimate of drug-likeness (QED) is 0.338. The molecule has 1 aliphatic carbocycles. The number of rotatable bonds is 6. The summed E-state index contributed by atoms with van der Waals surface area (Å²) in [6, 6.07) is 14.3. The van der Waals surface area contributed by atoms with Gasteiger partial charge in [0.15, 0.2) is 0 Å². The lowest BCUT2D eigenvalue weighted by molar-refractivity contribution is -0.161. The van der Waals surface area contributed by atoms with Crippen LogP contribution in [0.5, 0.6) is 5.88 Å². The van der Waals surface area contributed by atoms with Gasteiger partial charge >= 0.3 is 5.69 Å². The molecule has 1 unspecified atom stereocenters. The van der Waals surface area contributed by atoms with Crippen molar-refractivity contribution < 1.29 is 14.3 Å². The maximum Gasteiger partial charge on any atom is 0.330 e. The van der Waals surface area contributed by atoms with Gasteiger partial charge < -0.3 is 19.5 Å². The maximum absolute atomic E-state index is 13.2. The van der Waals surface area contributed by atoms with Crippen molar-refractivity contribution in [2.75, 3.05) is 38.6 Å². The number of anilines is 1. The van der Waals surface area contributed by atoms with Crippen LogP contribution in [0.15, 0.2) is 58.3 Å². The predicted molar refractivity (Wildman–Crippen MR) is 183 cm³/mol. The van der Waals surface area contributed by atoms with Gasteiger partial charge in [0.05, 0.1) is 12.8 Å². The van der Waals surface area contributed by atoms with Crippen LogP contribution in [-0.2, 0) is 25.3 Å². The molecule has 2 aliphatic heterocycles. The monoisotopic (exact) mass is 648 g/mol. The number of aryl methyl sites for hydroxylation is 2. The van der Waals surface area contributed by atoms with E-state index in [4.69, 9.17) is 9.72 Å². The third kappa shape index (κ3) is 5.04. The van der Waals surface area contributed by atoms with Crippen LogP contribution in [0.2, 0.25) is 0 Å². The highest BCUT2D eigenvalue weighted by Gasteiger charge is 2.55. The first-order valence-electron chi connectivity index (χ1n) is 16.3. The largest absolute Gasteiger partial charge is 0.481 e. The molecule has 1 N–H and O–H groups in total. The molecule has 248 valence electrons. The molecule has 0 saturated carbocycles. The number of nitrogens with one attached hydrogen (secondary N) is 1. The van der Waals surface area contributed by atoms with Crippen LogP contribution in [0.25, 0.3) is 22.4 Å². The molecule has 11 heteroatoms. The van der Waals surface area contributed by atoms with Crippen molar-refractivity contribution in [1.29, 1.82) is 0 Å². The van der Waals surface area contributed by atoms with Crippen LogP contribution >= 0.6 is 0 Å². The fourth-order valence-corrected chi connectivity index (χ4v) is 7.88. The first kappa shape index (κ1) is 31.6. The lowest BCUT2D eigenvalue weighted by Crippen LogP contribution is -2.72. The Morgan fingerprint density at radius 3 is 2.31 bits per heavy atom. The molecule has 4 heterocycles. The normalized spacial score (nSPS) is 17.9. The second-order valence-electron chi connectivity index (χ2n) is 13.6. The zero-order chi connectivity index (χ0) is 34.1. The highest BCUT2D eigenvalue weighted by Crippen LogP contribution is 2.50. The van der Waals surface area contributed by atoms with Crippen molar-refractivity contribution in [3.05, 3.63) is 97.3 Å². The van der Waals surface area contributed by atoms with Crippen LogP contribution in [0, 0.1) is 19.3 Å². The summed E-state index contributed by atoms with van der Waals surface area (Å²) in [5, 5.41) is 2.88. The third-order valence-corrected chi connectivity index (χ3v) is 10.5. The number of pyridine rings is 1. The molecular formula is C37H40N6O5. The summed E-state index contributed by atoms with van der Waals surface area (Å²) < 4.78 is 8.07. The number of carbonyl (C=O) groups excluding carboxylic acids is 2. The Balaban J connectivity index is 1.16. The molecular weight excluding hydrogens is 608 g/mol. The van der Waals surface area contributed by atoms with Crippen LogP contribution in [0.1, 0.15) is 52.0 Å². The average Bonchev–Trinajstić information content (AvgIpc) is 3.45. The summed E-state index contributed by atoms with van der Waals surface area (Å²) in [5.74, 6) is 0.243. The number of carbonyl (C=O) groups is 2. The summed E-state index contributed by atoms with van der Waals surface area (Å²) in [6.07, 6.45) is 3.24. The Hall–Kier alpha value is -5.03. The zero-order valence-electron chi connectivity index (χ0n) is 28.2. The Labute approximate surface area is 278 Å². The van der Waals surface area contributed by atoms with Crippen LogP contribution in [0.4, 0.5) is 5.69 Å². The van der Waals surface area contributed by atoms with Crippen LogP contribution in [0.3, 0.4) is 0 Å². The molecule has 7 rings (SSSR count). The van der Waals surface area contributed by atoms with Gasteiger partial charge in [0.2, 0.25) is 11.8 Å². The third-order valence-electron chi connectivity index (χ3n) is 10.5. The van der Waals surface area contributed by atoms with Crippen LogP contribution < -0.4 is 21.3 Å². The van der Waals surface area contributed by atoms with E-state index in [2.05, 4.69) is 35.3 Å². The highest BCUT2D eigenvalue weighted by molar-refractivity contribution is 6.04. The molecule has 11 nitrogen and oxygen atoms in total. The fourth-order valence-electron chi connectivity index (χ4n) is 7.88. The minimum Gasteiger partial charge on any atom is -0.481 e. The van der Waals surface area contributed by atoms with Crippen molar-refractivity contribution in [2.24, 2.45) is 19.5 Å². The van der Waals surface area contributed by atoms with Crippen molar-refractivity contribution in [2.45, 2.75) is 39.7 Å². The number of benzene rings is 2. The van der Waals surface area contributed by atoms with E-state index in [1.165, 1.54) is 36.0 Å². The second kappa shape index (κ2) is 11.6. The van der Waals surface area contributed by atoms with Crippen molar-refractivity contribution in [3.8, 4) is 28.3 Å². The second-order valence-corrected chi connectivity index (χ2v) is 13.6. The van der Waals surface area contributed by atoms with Gasteiger partial charge in [-0.1, -0.05) is 30.3 Å². The number of nitrogens with zero attached hydrogens (tertiary/aromatic N) is 5. The summed E-state index contributed by atoms with van der Waals surface area (Å²) in [4.78, 5) is 59.2. The minimum atomic E-state index is -0.648. The smallest absolute Gasteiger partial charge is 0.330 e. The van der Waals surface area contributed by atoms with E-state index >= 15 is 0 Å². The number of ether oxygens (including phenoxy) is 1. The van der Waals surface area contributed by atoms with Gasteiger partial charge in [-0.2, -0.15) is 0 Å². The van der Waals surface area contributed by atoms with E-state index in [9.17, 15) is 19.2 Å². The van der Waals surface area contributed by atoms with Crippen molar-refractivity contribution in [3.63, 3.8) is 0 Å². The Morgan fingerprint density at radius 1 is 0.958 bits per heavy atom. The molecule has 2 aromatic carbocycles. The van der Waals surface area contributed by atoms with E-state index < -0.39 is 17.2 Å². The van der Waals surface area contributed by atoms with E-state index in [0.717, 1.165) is 77.1 Å². The van der Waals surface area contributed by atoms with Crippen molar-refractivity contribution >= 4 is 17.5 Å². The zero-order valence-corrected chi connectivity index (χ0v) is 28.2. The van der Waals surface area contributed by atoms with E-state index in [1.54, 1.807) is 20.1 Å². The summed E-state index contributed by atoms with van der Waals surface area (Å²) in [6.45, 7) is 9.36. The van der Waals surface area contributed by atoms with Gasteiger partial charge in [-0.3, -0.25) is 23.9 Å². The first-order chi connectivity index (χ1) is 22.9. The molecule has 0 bridgehead atoms. The molecule has 3 aliphatic rings. The molecule has 2 saturated heterocycles. The molecule has 0 radical (unpaired) electrons. The maximum atomic E-state index is 13.2. The van der Waals surface area contributed by atoms with E-state index in [0.29, 0.717) is 11.6 Å². The van der Waals surface area contributed by atoms with E-state index in [1.807, 2.05) is 30.0 Å². The summed E-state index contributed by atoms with van der Waals surface area (Å²) >= 11 is 0. The topological polar surface area (TPSA) is 119 Å². The number of methoxy groups -OCH3 is 1. The molecule has 1 atom stereocenters. The summed E-state index contributed by atoms with van der Waals surface area (Å²) in [7, 11) is 4.55. The Kier molecular flexibility index (Phi) is 7.62. The number of hydrogen-bond acceptors (Lipinski definition) is 7. The number of aromatic nitrogens is 3. The van der Waals surface area contributed by atoms with Gasteiger partial charge in [0, 0.05) is 81.7 Å². The lowest BCUT2D eigenvalue weighted by atomic mass is 9.72. The molecule has 2 fully saturated rings. The number of fused-ring (bicyclic) bond motifs is 1. The van der Waals surface area contributed by atoms with Gasteiger partial charge in [-0.05, 0) is 66.6 Å². The first-order valence-corrected chi connectivity index (χ1v) is 16.3. The lowest BCUT2D eigenvalue weighted by Gasteiger charge is -2.61. The van der Waals surface area contributed by atoms with E-state index in [-0.39, 0.29) is 22.9 Å². The minimum absolute atomic E-state index is 0.113. The molecule has 1 spiro atoms. The molecule has 2 amide bonds. The standard InChI is InChI=1S/C37H40N6O5/c1-21-25(26-10-8-12-29(22(26)2)38-33(45)28-16-40(4)36(47)41(5)35(28)46)9-7-11-27(21)30-15-24-13-14-31(32(24)34(39-30)48-6)43-19-37(20-43)17-42(18-37)23(3)44/h7-12,15-16,31H,13-14,17-20H2,1-6H3,(H,38,45). The number of likely N-dealkylation sites (tertiary alicyclic amines) is 2. The van der Waals surface area contributed by atoms with Crippen LogP contribution in [-0.4, -0.2) is 69.0 Å². The SMILES string of the molecule is COc1nc(-c2cccc(-c3cccc(NC(=O)c4cn(C)c(=O)n(C)c4=O)c3C)c2C)cc2c1C(N1CC3(CN(C(C)=O)C3)C1)CC2. The molecule has 48 heavy (non-hydrogen) atoms. The predicted octanol–water partition coefficient (Wildman–Crippen LogP) is 3.84. The number of hydrogen-bond donors (Lipinski definition) is 1. The van der Waals surface area contributed by atoms with Gasteiger partial charge in [0.1, 0.15) is 5.56 Å². The molecule has 4 aromatic rings. The average molecular weight is 649 g/mol. The van der Waals surface area contributed by atoms with Gasteiger partial charge in [-0.15, -0.1) is 0 Å². The van der Waals surface area contributed by atoms with Gasteiger partial charge in [0.25, 0.3) is 11.5 Å². The summed E-state index contributed by atoms with van der Waals surface area (Å²) in [5.41, 5.74) is 7.69. The highest BCUT2D eigenvalue weighted by atomic mass is 16.5. The molecule has 2 aromatic heterocycles.